The topological polar surface area (TPSA) is 88.5 Å². The van der Waals surface area contributed by atoms with Crippen molar-refractivity contribution >= 4 is 28.0 Å². The van der Waals surface area contributed by atoms with Crippen molar-refractivity contribution in [1.29, 1.82) is 0 Å². The number of carbonyl (C=O) groups is 2. The Kier molecular flexibility index (Phi) is 6.10. The maximum absolute atomic E-state index is 11.9. The van der Waals surface area contributed by atoms with Crippen molar-refractivity contribution < 1.29 is 19.4 Å². The Morgan fingerprint density at radius 2 is 2.00 bits per heavy atom. The molecule has 1 atom stereocenters. The molecule has 0 radical (unpaired) electrons. The van der Waals surface area contributed by atoms with Gasteiger partial charge in [-0.1, -0.05) is 30.3 Å². The van der Waals surface area contributed by atoms with Crippen LogP contribution in [0.5, 0.6) is 0 Å². The quantitative estimate of drug-likeness (QED) is 0.804. The van der Waals surface area contributed by atoms with Gasteiger partial charge in [-0.2, -0.15) is 0 Å². The van der Waals surface area contributed by atoms with Gasteiger partial charge in [-0.25, -0.2) is 4.79 Å². The van der Waals surface area contributed by atoms with E-state index in [1.54, 1.807) is 12.3 Å². The zero-order chi connectivity index (χ0) is 16.7. The number of benzene rings is 1. The van der Waals surface area contributed by atoms with Gasteiger partial charge in [-0.3, -0.25) is 9.78 Å². The predicted octanol–water partition coefficient (Wildman–Crippen LogP) is 3.29. The van der Waals surface area contributed by atoms with Crippen molar-refractivity contribution in [3.8, 4) is 0 Å². The molecule has 1 aromatic heterocycles. The van der Waals surface area contributed by atoms with Gasteiger partial charge in [0.05, 0.1) is 12.5 Å². The van der Waals surface area contributed by atoms with E-state index in [0.29, 0.717) is 10.0 Å². The van der Waals surface area contributed by atoms with E-state index in [9.17, 15) is 9.59 Å². The van der Waals surface area contributed by atoms with Crippen LogP contribution in [0.15, 0.2) is 53.3 Å². The lowest BCUT2D eigenvalue weighted by atomic mass is 10.1. The zero-order valence-corrected chi connectivity index (χ0v) is 13.7. The molecule has 2 N–H and O–H groups in total. The molecule has 0 aliphatic carbocycles. The molecule has 7 heteroatoms. The standard InChI is InChI=1S/C16H15BrN2O4/c17-13-9-18-7-6-12(13)14(8-15(20)21)19-16(22)23-10-11-4-2-1-3-5-11/h1-7,9,14H,8,10H2,(H,19,22)(H,20,21). The van der Waals surface area contributed by atoms with Crippen molar-refractivity contribution in [2.45, 2.75) is 19.1 Å². The molecule has 0 bridgehead atoms. The first-order chi connectivity index (χ1) is 11.1. The van der Waals surface area contributed by atoms with Crippen molar-refractivity contribution in [2.24, 2.45) is 0 Å². The Morgan fingerprint density at radius 1 is 1.26 bits per heavy atom. The van der Waals surface area contributed by atoms with E-state index in [0.717, 1.165) is 5.56 Å². The van der Waals surface area contributed by atoms with E-state index in [1.165, 1.54) is 6.20 Å². The molecule has 1 amide bonds. The molecule has 1 heterocycles. The maximum Gasteiger partial charge on any atom is 0.407 e. The minimum Gasteiger partial charge on any atom is -0.481 e. The number of ether oxygens (including phenoxy) is 1. The zero-order valence-electron chi connectivity index (χ0n) is 12.1. The van der Waals surface area contributed by atoms with Gasteiger partial charge < -0.3 is 15.2 Å². The van der Waals surface area contributed by atoms with Crippen molar-refractivity contribution in [3.05, 3.63) is 64.4 Å². The van der Waals surface area contributed by atoms with Crippen LogP contribution >= 0.6 is 15.9 Å². The Labute approximate surface area is 141 Å². The average Bonchev–Trinajstić information content (AvgIpc) is 2.53. The predicted molar refractivity (Wildman–Crippen MR) is 86.7 cm³/mol. The summed E-state index contributed by atoms with van der Waals surface area (Å²) in [5.41, 5.74) is 1.47. The summed E-state index contributed by atoms with van der Waals surface area (Å²) in [4.78, 5) is 26.9. The van der Waals surface area contributed by atoms with Gasteiger partial charge in [0.2, 0.25) is 0 Å². The van der Waals surface area contributed by atoms with E-state index in [2.05, 4.69) is 26.2 Å². The Bertz CT molecular complexity index is 679. The van der Waals surface area contributed by atoms with Crippen LogP contribution in [0, 0.1) is 0 Å². The third-order valence-corrected chi connectivity index (χ3v) is 3.73. The van der Waals surface area contributed by atoms with Crippen LogP contribution in [0.2, 0.25) is 0 Å². The van der Waals surface area contributed by atoms with Crippen molar-refractivity contribution in [2.75, 3.05) is 0 Å². The molecule has 6 nitrogen and oxygen atoms in total. The number of amides is 1. The molecule has 2 rings (SSSR count). The molecule has 120 valence electrons. The minimum atomic E-state index is -1.03. The minimum absolute atomic E-state index is 0.115. The SMILES string of the molecule is O=C(O)CC(NC(=O)OCc1ccccc1)c1ccncc1Br. The number of hydrogen-bond acceptors (Lipinski definition) is 4. The fraction of sp³-hybridized carbons (Fsp3) is 0.188. The number of aliphatic carboxylic acids is 1. The van der Waals surface area contributed by atoms with E-state index in [4.69, 9.17) is 9.84 Å². The van der Waals surface area contributed by atoms with Crippen LogP contribution < -0.4 is 5.32 Å². The van der Waals surface area contributed by atoms with E-state index in [-0.39, 0.29) is 13.0 Å². The molecule has 1 aromatic carbocycles. The summed E-state index contributed by atoms with van der Waals surface area (Å²) >= 11 is 3.30. The molecule has 0 aliphatic rings. The maximum atomic E-state index is 11.9. The van der Waals surface area contributed by atoms with Crippen molar-refractivity contribution in [1.82, 2.24) is 10.3 Å². The molecule has 0 saturated heterocycles. The summed E-state index contributed by atoms with van der Waals surface area (Å²) in [6.07, 6.45) is 2.14. The van der Waals surface area contributed by atoms with Crippen LogP contribution in [0.3, 0.4) is 0 Å². The summed E-state index contributed by atoms with van der Waals surface area (Å²) < 4.78 is 5.75. The third-order valence-electron chi connectivity index (χ3n) is 3.06. The first-order valence-corrected chi connectivity index (χ1v) is 7.64. The molecule has 0 saturated carbocycles. The van der Waals surface area contributed by atoms with Gasteiger partial charge in [-0.15, -0.1) is 0 Å². The first kappa shape index (κ1) is 17.0. The Balaban J connectivity index is 2.01. The number of aromatic nitrogens is 1. The number of carboxylic acids is 1. The smallest absolute Gasteiger partial charge is 0.407 e. The monoisotopic (exact) mass is 378 g/mol. The highest BCUT2D eigenvalue weighted by Gasteiger charge is 2.21. The lowest BCUT2D eigenvalue weighted by Crippen LogP contribution is -2.31. The number of nitrogens with zero attached hydrogens (tertiary/aromatic N) is 1. The number of carboxylic acid groups (broad SMARTS) is 1. The molecule has 1 unspecified atom stereocenters. The van der Waals surface area contributed by atoms with Gasteiger partial charge in [0.15, 0.2) is 0 Å². The highest BCUT2D eigenvalue weighted by Crippen LogP contribution is 2.24. The Hall–Kier alpha value is -2.41. The lowest BCUT2D eigenvalue weighted by molar-refractivity contribution is -0.137. The van der Waals surface area contributed by atoms with Gasteiger partial charge in [-0.05, 0) is 33.1 Å². The first-order valence-electron chi connectivity index (χ1n) is 6.84. The lowest BCUT2D eigenvalue weighted by Gasteiger charge is -2.18. The van der Waals surface area contributed by atoms with Crippen LogP contribution in [0.1, 0.15) is 23.6 Å². The second-order valence-electron chi connectivity index (χ2n) is 4.75. The second kappa shape index (κ2) is 8.28. The average molecular weight is 379 g/mol. The third kappa shape index (κ3) is 5.37. The second-order valence-corrected chi connectivity index (χ2v) is 5.61. The van der Waals surface area contributed by atoms with Gasteiger partial charge in [0.25, 0.3) is 0 Å². The normalized spacial score (nSPS) is 11.5. The van der Waals surface area contributed by atoms with Gasteiger partial charge in [0, 0.05) is 16.9 Å². The summed E-state index contributed by atoms with van der Waals surface area (Å²) in [5, 5.41) is 11.6. The molecular formula is C16H15BrN2O4. The highest BCUT2D eigenvalue weighted by molar-refractivity contribution is 9.10. The number of carbonyl (C=O) groups excluding carboxylic acids is 1. The summed E-state index contributed by atoms with van der Waals surface area (Å²) in [5.74, 6) is -1.03. The molecular weight excluding hydrogens is 364 g/mol. The van der Waals surface area contributed by atoms with Crippen LogP contribution in [0.4, 0.5) is 4.79 Å². The summed E-state index contributed by atoms with van der Waals surface area (Å²) in [7, 11) is 0. The van der Waals surface area contributed by atoms with Crippen LogP contribution in [-0.2, 0) is 16.1 Å². The highest BCUT2D eigenvalue weighted by atomic mass is 79.9. The van der Waals surface area contributed by atoms with Crippen LogP contribution in [0.25, 0.3) is 0 Å². The fourth-order valence-electron chi connectivity index (χ4n) is 1.99. The summed E-state index contributed by atoms with van der Waals surface area (Å²) in [6, 6.07) is 10.2. The van der Waals surface area contributed by atoms with Gasteiger partial charge in [0.1, 0.15) is 6.61 Å². The molecule has 0 aliphatic heterocycles. The number of hydrogen-bond donors (Lipinski definition) is 2. The number of alkyl carbamates (subject to hydrolysis) is 1. The largest absolute Gasteiger partial charge is 0.481 e. The van der Waals surface area contributed by atoms with E-state index < -0.39 is 18.1 Å². The molecule has 0 spiro atoms. The van der Waals surface area contributed by atoms with Gasteiger partial charge >= 0.3 is 12.1 Å². The number of rotatable bonds is 6. The Morgan fingerprint density at radius 3 is 2.65 bits per heavy atom. The van der Waals surface area contributed by atoms with E-state index in [1.807, 2.05) is 30.3 Å². The van der Waals surface area contributed by atoms with E-state index >= 15 is 0 Å². The number of pyridine rings is 1. The number of nitrogens with one attached hydrogen (secondary N) is 1. The van der Waals surface area contributed by atoms with Crippen LogP contribution in [-0.4, -0.2) is 22.2 Å². The van der Waals surface area contributed by atoms with Crippen molar-refractivity contribution in [3.63, 3.8) is 0 Å². The molecule has 0 fully saturated rings. The number of halogens is 1. The molecule has 23 heavy (non-hydrogen) atoms. The molecule has 2 aromatic rings. The fourth-order valence-corrected chi connectivity index (χ4v) is 2.52. The summed E-state index contributed by atoms with van der Waals surface area (Å²) in [6.45, 7) is 0.115.